The van der Waals surface area contributed by atoms with Crippen molar-refractivity contribution in [1.29, 1.82) is 0 Å². The number of benzene rings is 3. The van der Waals surface area contributed by atoms with Crippen LogP contribution in [-0.2, 0) is 9.53 Å². The highest BCUT2D eigenvalue weighted by Gasteiger charge is 2.14. The van der Waals surface area contributed by atoms with Gasteiger partial charge in [0.05, 0.1) is 18.9 Å². The number of nitrogens with one attached hydrogen (secondary N) is 2. The van der Waals surface area contributed by atoms with Crippen molar-refractivity contribution in [3.8, 4) is 0 Å². The highest BCUT2D eigenvalue weighted by Crippen LogP contribution is 2.14. The van der Waals surface area contributed by atoms with Crippen molar-refractivity contribution < 1.29 is 19.1 Å². The maximum Gasteiger partial charge on any atom is 0.337 e. The van der Waals surface area contributed by atoms with E-state index >= 15 is 0 Å². The van der Waals surface area contributed by atoms with Gasteiger partial charge in [-0.3, -0.25) is 9.59 Å². The van der Waals surface area contributed by atoms with Crippen LogP contribution in [-0.4, -0.2) is 45.2 Å². The minimum Gasteiger partial charge on any atom is -0.465 e. The molecular formula is C27H26N4O4. The topological polar surface area (TPSA) is 100 Å². The summed E-state index contributed by atoms with van der Waals surface area (Å²) in [6.07, 6.45) is 3.01. The second kappa shape index (κ2) is 11.9. The molecule has 0 spiro atoms. The summed E-state index contributed by atoms with van der Waals surface area (Å²) in [6.45, 7) is 0. The van der Waals surface area contributed by atoms with Crippen molar-refractivity contribution in [2.24, 2.45) is 5.10 Å². The number of carbonyl (C=O) groups is 3. The van der Waals surface area contributed by atoms with E-state index in [-0.39, 0.29) is 5.70 Å². The number of esters is 1. The van der Waals surface area contributed by atoms with Gasteiger partial charge in [-0.2, -0.15) is 5.10 Å². The fourth-order valence-electron chi connectivity index (χ4n) is 3.03. The van der Waals surface area contributed by atoms with Gasteiger partial charge in [0, 0.05) is 25.3 Å². The van der Waals surface area contributed by atoms with Gasteiger partial charge in [-0.1, -0.05) is 42.5 Å². The van der Waals surface area contributed by atoms with Crippen LogP contribution in [0.25, 0.3) is 6.08 Å². The van der Waals surface area contributed by atoms with Gasteiger partial charge in [-0.15, -0.1) is 0 Å². The Hall–Kier alpha value is -4.72. The Morgan fingerprint density at radius 2 is 1.46 bits per heavy atom. The third-order valence-corrected chi connectivity index (χ3v) is 4.96. The normalized spacial score (nSPS) is 11.1. The van der Waals surface area contributed by atoms with Crippen LogP contribution in [0.2, 0.25) is 0 Å². The molecule has 8 heteroatoms. The van der Waals surface area contributed by atoms with Gasteiger partial charge >= 0.3 is 5.97 Å². The van der Waals surface area contributed by atoms with Crippen LogP contribution in [0.4, 0.5) is 5.69 Å². The molecule has 35 heavy (non-hydrogen) atoms. The molecule has 0 unspecified atom stereocenters. The molecule has 0 saturated heterocycles. The molecule has 0 heterocycles. The smallest absolute Gasteiger partial charge is 0.337 e. The monoisotopic (exact) mass is 470 g/mol. The molecule has 0 saturated carbocycles. The van der Waals surface area contributed by atoms with Gasteiger partial charge in [-0.25, -0.2) is 10.2 Å². The number of carbonyl (C=O) groups excluding carboxylic acids is 3. The average Bonchev–Trinajstić information content (AvgIpc) is 2.89. The number of nitrogens with zero attached hydrogens (tertiary/aromatic N) is 2. The zero-order chi connectivity index (χ0) is 25.2. The first-order valence-corrected chi connectivity index (χ1v) is 10.7. The summed E-state index contributed by atoms with van der Waals surface area (Å²) in [4.78, 5) is 39.1. The number of ether oxygens (including phenoxy) is 1. The zero-order valence-corrected chi connectivity index (χ0v) is 19.7. The summed E-state index contributed by atoms with van der Waals surface area (Å²) in [7, 11) is 5.18. The average molecular weight is 471 g/mol. The molecule has 2 amide bonds. The molecule has 3 rings (SSSR count). The Labute approximate surface area is 203 Å². The number of methoxy groups -OCH3 is 1. The first kappa shape index (κ1) is 24.9. The molecule has 0 radical (unpaired) electrons. The van der Waals surface area contributed by atoms with Gasteiger partial charge < -0.3 is 15.0 Å². The summed E-state index contributed by atoms with van der Waals surface area (Å²) >= 11 is 0. The van der Waals surface area contributed by atoms with E-state index in [4.69, 9.17) is 0 Å². The molecular weight excluding hydrogens is 444 g/mol. The Morgan fingerprint density at radius 1 is 0.829 bits per heavy atom. The van der Waals surface area contributed by atoms with Gasteiger partial charge in [0.15, 0.2) is 0 Å². The van der Waals surface area contributed by atoms with Crippen molar-refractivity contribution in [2.45, 2.75) is 0 Å². The van der Waals surface area contributed by atoms with E-state index in [1.807, 2.05) is 43.3 Å². The van der Waals surface area contributed by atoms with Crippen LogP contribution < -0.4 is 15.6 Å². The lowest BCUT2D eigenvalue weighted by Gasteiger charge is -2.12. The number of hydrogen-bond acceptors (Lipinski definition) is 6. The number of anilines is 1. The first-order chi connectivity index (χ1) is 16.9. The SMILES string of the molecule is COC(=O)c1ccc(/C=N/NC(=O)/C(=C\c2ccc(N(C)C)cc2)NC(=O)c2ccccc2)cc1. The Bertz CT molecular complexity index is 1230. The van der Waals surface area contributed by atoms with Crippen molar-refractivity contribution in [1.82, 2.24) is 10.7 Å². The molecule has 0 fully saturated rings. The van der Waals surface area contributed by atoms with Crippen molar-refractivity contribution in [3.63, 3.8) is 0 Å². The van der Waals surface area contributed by atoms with Crippen LogP contribution in [0, 0.1) is 0 Å². The predicted octanol–water partition coefficient (Wildman–Crippen LogP) is 3.46. The highest BCUT2D eigenvalue weighted by molar-refractivity contribution is 6.05. The number of hydrazone groups is 1. The van der Waals surface area contributed by atoms with Crippen LogP contribution in [0.1, 0.15) is 31.8 Å². The maximum atomic E-state index is 12.9. The van der Waals surface area contributed by atoms with Gasteiger partial charge in [0.25, 0.3) is 11.8 Å². The fraction of sp³-hybridized carbons (Fsp3) is 0.111. The predicted molar refractivity (Wildman–Crippen MR) is 136 cm³/mol. The highest BCUT2D eigenvalue weighted by atomic mass is 16.5. The molecule has 0 bridgehead atoms. The van der Waals surface area contributed by atoms with Crippen LogP contribution in [0.15, 0.2) is 89.7 Å². The minimum absolute atomic E-state index is 0.0367. The molecule has 0 aliphatic rings. The summed E-state index contributed by atoms with van der Waals surface area (Å²) in [5, 5.41) is 6.64. The first-order valence-electron chi connectivity index (χ1n) is 10.7. The van der Waals surface area contributed by atoms with Crippen LogP contribution in [0.5, 0.6) is 0 Å². The van der Waals surface area contributed by atoms with Crippen molar-refractivity contribution in [3.05, 3.63) is 107 Å². The molecule has 0 aliphatic heterocycles. The van der Waals surface area contributed by atoms with Gasteiger partial charge in [0.1, 0.15) is 5.70 Å². The lowest BCUT2D eigenvalue weighted by atomic mass is 10.1. The standard InChI is InChI=1S/C27H26N4O4/c1-31(2)23-15-11-19(12-16-23)17-24(29-25(32)21-7-5-4-6-8-21)26(33)30-28-18-20-9-13-22(14-10-20)27(34)35-3/h4-18H,1-3H3,(H,29,32)(H,30,33)/b24-17+,28-18+. The third kappa shape index (κ3) is 7.13. The Morgan fingerprint density at radius 3 is 2.06 bits per heavy atom. The minimum atomic E-state index is -0.589. The fourth-order valence-corrected chi connectivity index (χ4v) is 3.03. The second-order valence-electron chi connectivity index (χ2n) is 7.68. The van der Waals surface area contributed by atoms with E-state index in [0.717, 1.165) is 11.3 Å². The van der Waals surface area contributed by atoms with Gasteiger partial charge in [0.2, 0.25) is 0 Å². The molecule has 8 nitrogen and oxygen atoms in total. The van der Waals surface area contributed by atoms with Crippen LogP contribution >= 0.6 is 0 Å². The second-order valence-corrected chi connectivity index (χ2v) is 7.68. The molecule has 0 aromatic heterocycles. The van der Waals surface area contributed by atoms with Gasteiger partial charge in [-0.05, 0) is 53.6 Å². The Balaban J connectivity index is 1.77. The molecule has 0 aliphatic carbocycles. The van der Waals surface area contributed by atoms with E-state index in [9.17, 15) is 14.4 Å². The third-order valence-electron chi connectivity index (χ3n) is 4.96. The number of amides is 2. The van der Waals surface area contributed by atoms with E-state index < -0.39 is 17.8 Å². The lowest BCUT2D eigenvalue weighted by Crippen LogP contribution is -2.32. The molecule has 3 aromatic rings. The van der Waals surface area contributed by atoms with Crippen molar-refractivity contribution >= 4 is 35.8 Å². The quantitative estimate of drug-likeness (QED) is 0.227. The molecule has 2 N–H and O–H groups in total. The summed E-state index contributed by atoms with van der Waals surface area (Å²) < 4.78 is 4.67. The van der Waals surface area contributed by atoms with E-state index in [1.165, 1.54) is 13.3 Å². The molecule has 0 atom stereocenters. The van der Waals surface area contributed by atoms with E-state index in [0.29, 0.717) is 16.7 Å². The zero-order valence-electron chi connectivity index (χ0n) is 19.7. The summed E-state index contributed by atoms with van der Waals surface area (Å²) in [6, 6.07) is 22.7. The number of rotatable bonds is 8. The van der Waals surface area contributed by atoms with E-state index in [2.05, 4.69) is 20.6 Å². The summed E-state index contributed by atoms with van der Waals surface area (Å²) in [5.41, 5.74) is 5.70. The van der Waals surface area contributed by atoms with Crippen LogP contribution in [0.3, 0.4) is 0 Å². The lowest BCUT2D eigenvalue weighted by molar-refractivity contribution is -0.117. The maximum absolute atomic E-state index is 12.9. The molecule has 178 valence electrons. The molecule has 3 aromatic carbocycles. The number of hydrogen-bond donors (Lipinski definition) is 2. The van der Waals surface area contributed by atoms with Crippen molar-refractivity contribution in [2.75, 3.05) is 26.1 Å². The summed E-state index contributed by atoms with van der Waals surface area (Å²) in [5.74, 6) is -1.45. The Kier molecular flexibility index (Phi) is 8.50. The van der Waals surface area contributed by atoms with E-state index in [1.54, 1.807) is 60.7 Å². The largest absolute Gasteiger partial charge is 0.465 e.